The Morgan fingerprint density at radius 3 is 2.55 bits per heavy atom. The molecule has 0 fully saturated rings. The van der Waals surface area contributed by atoms with Crippen LogP contribution >= 0.6 is 0 Å². The van der Waals surface area contributed by atoms with E-state index < -0.39 is 0 Å². The summed E-state index contributed by atoms with van der Waals surface area (Å²) >= 11 is 0. The number of hydrogen-bond acceptors (Lipinski definition) is 3. The van der Waals surface area contributed by atoms with Crippen LogP contribution in [0, 0.1) is 0 Å². The summed E-state index contributed by atoms with van der Waals surface area (Å²) in [7, 11) is 0. The molecule has 0 saturated heterocycles. The van der Waals surface area contributed by atoms with E-state index in [1.165, 1.54) is 0 Å². The first-order chi connectivity index (χ1) is 10.8. The lowest BCUT2D eigenvalue weighted by molar-refractivity contribution is -0.121. The van der Waals surface area contributed by atoms with E-state index in [9.17, 15) is 4.79 Å². The maximum absolute atomic E-state index is 12.0. The van der Waals surface area contributed by atoms with Crippen LogP contribution in [0.25, 0.3) is 0 Å². The molecule has 116 valence electrons. The Morgan fingerprint density at radius 2 is 1.77 bits per heavy atom. The number of amides is 1. The number of nitrogens with one attached hydrogen (secondary N) is 2. The normalized spacial score (nSPS) is 10.4. The number of carbonyl (C=O) groups excluding carboxylic acids is 1. The van der Waals surface area contributed by atoms with Gasteiger partial charge in [0.2, 0.25) is 5.91 Å². The van der Waals surface area contributed by atoms with Crippen molar-refractivity contribution in [2.24, 2.45) is 0 Å². The third-order valence-corrected chi connectivity index (χ3v) is 3.20. The van der Waals surface area contributed by atoms with Crippen LogP contribution in [0.3, 0.4) is 0 Å². The van der Waals surface area contributed by atoms with Gasteiger partial charge in [-0.15, -0.1) is 0 Å². The third kappa shape index (κ3) is 5.31. The standard InChI is InChI=1S/C18H22N2O2/c1-2-19-12-16-10-6-7-11-17(16)20-18(21)14-22-13-15-8-4-3-5-9-15/h3-11,19H,2,12-14H2,1H3,(H,20,21). The minimum absolute atomic E-state index is 0.0461. The molecule has 1 amide bonds. The lowest BCUT2D eigenvalue weighted by Crippen LogP contribution is -2.20. The van der Waals surface area contributed by atoms with Crippen molar-refractivity contribution in [3.05, 3.63) is 65.7 Å². The third-order valence-electron chi connectivity index (χ3n) is 3.20. The van der Waals surface area contributed by atoms with E-state index in [4.69, 9.17) is 4.74 Å². The predicted octanol–water partition coefficient (Wildman–Crippen LogP) is 2.95. The summed E-state index contributed by atoms with van der Waals surface area (Å²) < 4.78 is 5.45. The van der Waals surface area contributed by atoms with Crippen LogP contribution in [0.1, 0.15) is 18.1 Å². The van der Waals surface area contributed by atoms with Gasteiger partial charge in [-0.1, -0.05) is 55.5 Å². The number of benzene rings is 2. The number of hydrogen-bond donors (Lipinski definition) is 2. The van der Waals surface area contributed by atoms with Gasteiger partial charge in [0.1, 0.15) is 6.61 Å². The van der Waals surface area contributed by atoms with Crippen LogP contribution in [0.2, 0.25) is 0 Å². The zero-order valence-electron chi connectivity index (χ0n) is 12.8. The van der Waals surface area contributed by atoms with Crippen molar-refractivity contribution >= 4 is 11.6 Å². The summed E-state index contributed by atoms with van der Waals surface area (Å²) in [5.74, 6) is -0.139. The molecule has 0 aliphatic heterocycles. The van der Waals surface area contributed by atoms with Crippen molar-refractivity contribution < 1.29 is 9.53 Å². The van der Waals surface area contributed by atoms with Crippen LogP contribution in [-0.2, 0) is 22.7 Å². The average Bonchev–Trinajstić information content (AvgIpc) is 2.55. The van der Waals surface area contributed by atoms with E-state index in [0.29, 0.717) is 6.61 Å². The summed E-state index contributed by atoms with van der Waals surface area (Å²) in [5, 5.41) is 6.16. The van der Waals surface area contributed by atoms with Gasteiger partial charge in [-0.25, -0.2) is 0 Å². The minimum atomic E-state index is -0.139. The van der Waals surface area contributed by atoms with Crippen molar-refractivity contribution in [1.82, 2.24) is 5.32 Å². The highest BCUT2D eigenvalue weighted by Crippen LogP contribution is 2.14. The molecule has 0 aliphatic carbocycles. The second-order valence-electron chi connectivity index (χ2n) is 4.96. The Morgan fingerprint density at radius 1 is 1.05 bits per heavy atom. The van der Waals surface area contributed by atoms with Gasteiger partial charge in [0.05, 0.1) is 6.61 Å². The lowest BCUT2D eigenvalue weighted by Gasteiger charge is -2.11. The van der Waals surface area contributed by atoms with Gasteiger partial charge in [-0.3, -0.25) is 4.79 Å². The fourth-order valence-corrected chi connectivity index (χ4v) is 2.08. The maximum Gasteiger partial charge on any atom is 0.250 e. The van der Waals surface area contributed by atoms with Gasteiger partial charge in [0.25, 0.3) is 0 Å². The zero-order chi connectivity index (χ0) is 15.6. The molecule has 0 unspecified atom stereocenters. The molecular formula is C18H22N2O2. The van der Waals surface area contributed by atoms with Gasteiger partial charge in [0.15, 0.2) is 0 Å². The minimum Gasteiger partial charge on any atom is -0.367 e. The Hall–Kier alpha value is -2.17. The van der Waals surface area contributed by atoms with Crippen LogP contribution < -0.4 is 10.6 Å². The van der Waals surface area contributed by atoms with Crippen molar-refractivity contribution in [2.45, 2.75) is 20.1 Å². The fraction of sp³-hybridized carbons (Fsp3) is 0.278. The SMILES string of the molecule is CCNCc1ccccc1NC(=O)COCc1ccccc1. The molecule has 0 atom stereocenters. The molecule has 2 rings (SSSR count). The second-order valence-corrected chi connectivity index (χ2v) is 4.96. The van der Waals surface area contributed by atoms with Gasteiger partial charge in [-0.2, -0.15) is 0 Å². The fourth-order valence-electron chi connectivity index (χ4n) is 2.08. The monoisotopic (exact) mass is 298 g/mol. The van der Waals surface area contributed by atoms with Crippen LogP contribution in [0.4, 0.5) is 5.69 Å². The molecule has 2 aromatic rings. The van der Waals surface area contributed by atoms with Crippen LogP contribution in [0.5, 0.6) is 0 Å². The largest absolute Gasteiger partial charge is 0.367 e. The summed E-state index contributed by atoms with van der Waals surface area (Å²) in [5.41, 5.74) is 2.96. The van der Waals surface area contributed by atoms with Gasteiger partial charge in [-0.05, 0) is 23.7 Å². The van der Waals surface area contributed by atoms with E-state index in [2.05, 4.69) is 17.6 Å². The average molecular weight is 298 g/mol. The van der Waals surface area contributed by atoms with Crippen molar-refractivity contribution in [3.8, 4) is 0 Å². The number of ether oxygens (including phenoxy) is 1. The van der Waals surface area contributed by atoms with E-state index in [-0.39, 0.29) is 12.5 Å². The zero-order valence-corrected chi connectivity index (χ0v) is 12.8. The molecule has 0 aromatic heterocycles. The van der Waals surface area contributed by atoms with E-state index in [1.54, 1.807) is 0 Å². The van der Waals surface area contributed by atoms with Gasteiger partial charge < -0.3 is 15.4 Å². The molecule has 0 radical (unpaired) electrons. The Labute approximate surface area is 131 Å². The Kier molecular flexibility index (Phi) is 6.61. The van der Waals surface area contributed by atoms with Crippen LogP contribution in [0.15, 0.2) is 54.6 Å². The summed E-state index contributed by atoms with van der Waals surface area (Å²) in [6.07, 6.45) is 0. The van der Waals surface area contributed by atoms with Crippen LogP contribution in [-0.4, -0.2) is 19.1 Å². The molecule has 0 aliphatic rings. The predicted molar refractivity (Wildman–Crippen MR) is 88.6 cm³/mol. The first-order valence-corrected chi connectivity index (χ1v) is 7.49. The number of anilines is 1. The van der Waals surface area contributed by atoms with Crippen molar-refractivity contribution in [1.29, 1.82) is 0 Å². The van der Waals surface area contributed by atoms with E-state index in [1.807, 2.05) is 54.6 Å². The molecule has 22 heavy (non-hydrogen) atoms. The number of carbonyl (C=O) groups is 1. The number of rotatable bonds is 8. The molecule has 4 heteroatoms. The van der Waals surface area contributed by atoms with Crippen molar-refractivity contribution in [3.63, 3.8) is 0 Å². The number of para-hydroxylation sites is 1. The first-order valence-electron chi connectivity index (χ1n) is 7.49. The second kappa shape index (κ2) is 8.97. The smallest absolute Gasteiger partial charge is 0.250 e. The quantitative estimate of drug-likeness (QED) is 0.788. The molecule has 0 spiro atoms. The molecule has 0 bridgehead atoms. The highest BCUT2D eigenvalue weighted by molar-refractivity contribution is 5.92. The van der Waals surface area contributed by atoms with Gasteiger partial charge >= 0.3 is 0 Å². The maximum atomic E-state index is 12.0. The highest BCUT2D eigenvalue weighted by Gasteiger charge is 2.06. The summed E-state index contributed by atoms with van der Waals surface area (Å²) in [6.45, 7) is 4.16. The molecule has 2 N–H and O–H groups in total. The van der Waals surface area contributed by atoms with E-state index in [0.717, 1.165) is 29.9 Å². The summed E-state index contributed by atoms with van der Waals surface area (Å²) in [4.78, 5) is 12.0. The molecule has 0 heterocycles. The molecule has 2 aromatic carbocycles. The highest BCUT2D eigenvalue weighted by atomic mass is 16.5. The van der Waals surface area contributed by atoms with Gasteiger partial charge in [0, 0.05) is 12.2 Å². The Balaban J connectivity index is 1.81. The molecular weight excluding hydrogens is 276 g/mol. The van der Waals surface area contributed by atoms with Crippen molar-refractivity contribution in [2.75, 3.05) is 18.5 Å². The molecule has 0 saturated carbocycles. The Bertz CT molecular complexity index is 585. The summed E-state index contributed by atoms with van der Waals surface area (Å²) in [6, 6.07) is 17.6. The topological polar surface area (TPSA) is 50.4 Å². The lowest BCUT2D eigenvalue weighted by atomic mass is 10.1. The first kappa shape index (κ1) is 16.2. The molecule has 4 nitrogen and oxygen atoms in total. The van der Waals surface area contributed by atoms with E-state index >= 15 is 0 Å².